The summed E-state index contributed by atoms with van der Waals surface area (Å²) < 4.78 is 10.3. The van der Waals surface area contributed by atoms with Gasteiger partial charge >= 0.3 is 11.9 Å². The van der Waals surface area contributed by atoms with E-state index in [2.05, 4.69) is 20.8 Å². The second kappa shape index (κ2) is 7.30. The molecule has 0 aromatic carbocycles. The van der Waals surface area contributed by atoms with Crippen LogP contribution in [0.3, 0.4) is 0 Å². The highest BCUT2D eigenvalue weighted by molar-refractivity contribution is 5.69. The van der Waals surface area contributed by atoms with Crippen molar-refractivity contribution in [2.24, 2.45) is 5.41 Å². The molecule has 1 unspecified atom stereocenters. The maximum Gasteiger partial charge on any atom is 0.305 e. The molecule has 0 saturated carbocycles. The summed E-state index contributed by atoms with van der Waals surface area (Å²) in [6.45, 7) is 9.80. The number of esters is 2. The van der Waals surface area contributed by atoms with Gasteiger partial charge in [-0.3, -0.25) is 9.59 Å². The standard InChI is InChI=1S/C13H24O4/c1-6-11(14)16-9-10(8-13(3,4)5)17-12(15)7-2/h10H,6-9H2,1-5H3. The molecule has 0 radical (unpaired) electrons. The van der Waals surface area contributed by atoms with Crippen LogP contribution in [0.2, 0.25) is 0 Å². The third kappa shape index (κ3) is 8.72. The van der Waals surface area contributed by atoms with Gasteiger partial charge in [0.1, 0.15) is 12.7 Å². The largest absolute Gasteiger partial charge is 0.462 e. The number of carbonyl (C=O) groups excluding carboxylic acids is 2. The lowest BCUT2D eigenvalue weighted by Crippen LogP contribution is -2.29. The fraction of sp³-hybridized carbons (Fsp3) is 0.846. The predicted octanol–water partition coefficient (Wildman–Crippen LogP) is 2.70. The molecule has 17 heavy (non-hydrogen) atoms. The van der Waals surface area contributed by atoms with E-state index in [9.17, 15) is 9.59 Å². The monoisotopic (exact) mass is 244 g/mol. The van der Waals surface area contributed by atoms with Crippen LogP contribution in [0.5, 0.6) is 0 Å². The quantitative estimate of drug-likeness (QED) is 0.674. The Morgan fingerprint density at radius 3 is 2.00 bits per heavy atom. The molecule has 0 heterocycles. The molecular weight excluding hydrogens is 220 g/mol. The van der Waals surface area contributed by atoms with Crippen LogP contribution in [0, 0.1) is 5.41 Å². The second-order valence-electron chi connectivity index (χ2n) is 5.27. The van der Waals surface area contributed by atoms with Gasteiger partial charge in [-0.2, -0.15) is 0 Å². The summed E-state index contributed by atoms with van der Waals surface area (Å²) in [5.74, 6) is -0.525. The number of ether oxygens (including phenoxy) is 2. The number of hydrogen-bond donors (Lipinski definition) is 0. The summed E-state index contributed by atoms with van der Waals surface area (Å²) in [6, 6.07) is 0. The lowest BCUT2D eigenvalue weighted by Gasteiger charge is -2.25. The highest BCUT2D eigenvalue weighted by Gasteiger charge is 2.22. The van der Waals surface area contributed by atoms with Gasteiger partial charge in [0.05, 0.1) is 0 Å². The van der Waals surface area contributed by atoms with E-state index in [1.165, 1.54) is 0 Å². The third-order valence-electron chi connectivity index (χ3n) is 2.15. The van der Waals surface area contributed by atoms with Gasteiger partial charge in [0, 0.05) is 12.8 Å². The Morgan fingerprint density at radius 2 is 1.59 bits per heavy atom. The molecule has 0 aliphatic carbocycles. The first-order chi connectivity index (χ1) is 7.78. The Morgan fingerprint density at radius 1 is 1.06 bits per heavy atom. The summed E-state index contributed by atoms with van der Waals surface area (Å²) in [7, 11) is 0. The van der Waals surface area contributed by atoms with E-state index >= 15 is 0 Å². The van der Waals surface area contributed by atoms with Crippen molar-refractivity contribution >= 4 is 11.9 Å². The topological polar surface area (TPSA) is 52.6 Å². The molecule has 0 spiro atoms. The molecule has 100 valence electrons. The zero-order valence-corrected chi connectivity index (χ0v) is 11.5. The zero-order valence-electron chi connectivity index (χ0n) is 11.5. The van der Waals surface area contributed by atoms with Crippen molar-refractivity contribution < 1.29 is 19.1 Å². The third-order valence-corrected chi connectivity index (χ3v) is 2.15. The number of hydrogen-bond acceptors (Lipinski definition) is 4. The Hall–Kier alpha value is -1.06. The van der Waals surface area contributed by atoms with E-state index < -0.39 is 0 Å². The average Bonchev–Trinajstić information content (AvgIpc) is 2.23. The highest BCUT2D eigenvalue weighted by Crippen LogP contribution is 2.23. The van der Waals surface area contributed by atoms with E-state index in [0.29, 0.717) is 19.3 Å². The lowest BCUT2D eigenvalue weighted by molar-refractivity contribution is -0.160. The van der Waals surface area contributed by atoms with Crippen LogP contribution in [0.25, 0.3) is 0 Å². The molecule has 0 saturated heterocycles. The van der Waals surface area contributed by atoms with Gasteiger partial charge in [-0.25, -0.2) is 0 Å². The van der Waals surface area contributed by atoms with Gasteiger partial charge in [0.2, 0.25) is 0 Å². The van der Waals surface area contributed by atoms with Crippen molar-refractivity contribution in [2.45, 2.75) is 60.0 Å². The Kier molecular flexibility index (Phi) is 6.85. The normalized spacial score (nSPS) is 13.0. The summed E-state index contributed by atoms with van der Waals surface area (Å²) in [5.41, 5.74) is 0.0251. The predicted molar refractivity (Wildman–Crippen MR) is 65.5 cm³/mol. The zero-order chi connectivity index (χ0) is 13.5. The van der Waals surface area contributed by atoms with Crippen molar-refractivity contribution in [2.75, 3.05) is 6.61 Å². The molecule has 0 aromatic rings. The minimum absolute atomic E-state index is 0.0251. The van der Waals surface area contributed by atoms with Gasteiger partial charge in [-0.05, 0) is 11.8 Å². The van der Waals surface area contributed by atoms with Gasteiger partial charge in [0.15, 0.2) is 0 Å². The van der Waals surface area contributed by atoms with E-state index in [4.69, 9.17) is 9.47 Å². The van der Waals surface area contributed by atoms with Gasteiger partial charge < -0.3 is 9.47 Å². The molecule has 0 rings (SSSR count). The van der Waals surface area contributed by atoms with E-state index in [1.807, 2.05) is 0 Å². The van der Waals surface area contributed by atoms with Gasteiger partial charge in [-0.15, -0.1) is 0 Å². The minimum atomic E-state index is -0.349. The maximum atomic E-state index is 11.3. The van der Waals surface area contributed by atoms with E-state index in [0.717, 1.165) is 0 Å². The molecule has 4 nitrogen and oxygen atoms in total. The molecule has 0 bridgehead atoms. The molecule has 0 aliphatic heterocycles. The maximum absolute atomic E-state index is 11.3. The van der Waals surface area contributed by atoms with E-state index in [-0.39, 0.29) is 30.1 Å². The minimum Gasteiger partial charge on any atom is -0.462 e. The summed E-state index contributed by atoms with van der Waals surface area (Å²) >= 11 is 0. The van der Waals surface area contributed by atoms with Crippen molar-refractivity contribution in [3.8, 4) is 0 Å². The van der Waals surface area contributed by atoms with Crippen LogP contribution in [0.1, 0.15) is 53.9 Å². The first kappa shape index (κ1) is 15.9. The van der Waals surface area contributed by atoms with Crippen LogP contribution in [0.15, 0.2) is 0 Å². The molecular formula is C13H24O4. The Bertz CT molecular complexity index is 253. The number of carbonyl (C=O) groups is 2. The molecule has 1 atom stereocenters. The van der Waals surface area contributed by atoms with Crippen LogP contribution in [-0.2, 0) is 19.1 Å². The first-order valence-electron chi connectivity index (χ1n) is 6.13. The molecule has 0 fully saturated rings. The van der Waals surface area contributed by atoms with Crippen LogP contribution >= 0.6 is 0 Å². The van der Waals surface area contributed by atoms with Gasteiger partial charge in [0.25, 0.3) is 0 Å². The molecule has 0 aliphatic rings. The van der Waals surface area contributed by atoms with Crippen LogP contribution < -0.4 is 0 Å². The highest BCUT2D eigenvalue weighted by atomic mass is 16.6. The summed E-state index contributed by atoms with van der Waals surface area (Å²) in [4.78, 5) is 22.3. The summed E-state index contributed by atoms with van der Waals surface area (Å²) in [5, 5.41) is 0. The number of rotatable bonds is 6. The summed E-state index contributed by atoms with van der Waals surface area (Å²) in [6.07, 6.45) is 1.00. The van der Waals surface area contributed by atoms with Gasteiger partial charge in [-0.1, -0.05) is 34.6 Å². The first-order valence-corrected chi connectivity index (χ1v) is 6.13. The van der Waals surface area contributed by atoms with Crippen molar-refractivity contribution in [1.82, 2.24) is 0 Å². The smallest absolute Gasteiger partial charge is 0.305 e. The Labute approximate surface area is 104 Å². The second-order valence-corrected chi connectivity index (χ2v) is 5.27. The molecule has 0 N–H and O–H groups in total. The van der Waals surface area contributed by atoms with Crippen LogP contribution in [0.4, 0.5) is 0 Å². The molecule has 0 aromatic heterocycles. The fourth-order valence-electron chi connectivity index (χ4n) is 1.37. The lowest BCUT2D eigenvalue weighted by atomic mass is 9.89. The van der Waals surface area contributed by atoms with Crippen molar-refractivity contribution in [1.29, 1.82) is 0 Å². The van der Waals surface area contributed by atoms with Crippen molar-refractivity contribution in [3.63, 3.8) is 0 Å². The SMILES string of the molecule is CCC(=O)OCC(CC(C)(C)C)OC(=O)CC. The van der Waals surface area contributed by atoms with Crippen molar-refractivity contribution in [3.05, 3.63) is 0 Å². The Balaban J connectivity index is 4.30. The molecule has 0 amide bonds. The van der Waals surface area contributed by atoms with E-state index in [1.54, 1.807) is 13.8 Å². The van der Waals surface area contributed by atoms with Crippen LogP contribution in [-0.4, -0.2) is 24.6 Å². The fourth-order valence-corrected chi connectivity index (χ4v) is 1.37. The molecule has 4 heteroatoms. The average molecular weight is 244 g/mol.